The average Bonchev–Trinajstić information content (AvgIpc) is 2.28. The molecule has 0 unspecified atom stereocenters. The summed E-state index contributed by atoms with van der Waals surface area (Å²) in [5.41, 5.74) is 0.371. The first-order chi connectivity index (χ1) is 7.95. The molecule has 0 atom stereocenters. The SMILES string of the molecule is C=CCNCC(=O)N1CCC(C(C)(C)C)CC1. The smallest absolute Gasteiger partial charge is 0.236 e. The highest BCUT2D eigenvalue weighted by Gasteiger charge is 2.29. The van der Waals surface area contributed by atoms with Crippen LogP contribution in [0.1, 0.15) is 33.6 Å². The first-order valence-corrected chi connectivity index (χ1v) is 6.54. The molecule has 17 heavy (non-hydrogen) atoms. The zero-order valence-corrected chi connectivity index (χ0v) is 11.5. The molecule has 0 aromatic rings. The van der Waals surface area contributed by atoms with E-state index in [0.29, 0.717) is 18.5 Å². The molecule has 1 amide bonds. The Bertz CT molecular complexity index is 260. The molecule has 1 aliphatic heterocycles. The second-order valence-electron chi connectivity index (χ2n) is 5.94. The highest BCUT2D eigenvalue weighted by Crippen LogP contribution is 2.34. The molecule has 0 saturated carbocycles. The number of amides is 1. The van der Waals surface area contributed by atoms with Crippen molar-refractivity contribution < 1.29 is 4.79 Å². The first kappa shape index (κ1) is 14.2. The van der Waals surface area contributed by atoms with Crippen LogP contribution in [-0.2, 0) is 4.79 Å². The summed E-state index contributed by atoms with van der Waals surface area (Å²) < 4.78 is 0. The van der Waals surface area contributed by atoms with Crippen LogP contribution in [0.4, 0.5) is 0 Å². The van der Waals surface area contributed by atoms with Crippen molar-refractivity contribution in [3.05, 3.63) is 12.7 Å². The van der Waals surface area contributed by atoms with Gasteiger partial charge in [-0.1, -0.05) is 26.8 Å². The molecule has 0 bridgehead atoms. The number of nitrogens with zero attached hydrogens (tertiary/aromatic N) is 1. The van der Waals surface area contributed by atoms with Crippen molar-refractivity contribution in [2.75, 3.05) is 26.2 Å². The summed E-state index contributed by atoms with van der Waals surface area (Å²) in [7, 11) is 0. The molecule has 0 spiro atoms. The number of hydrogen-bond acceptors (Lipinski definition) is 2. The van der Waals surface area contributed by atoms with E-state index in [4.69, 9.17) is 0 Å². The minimum absolute atomic E-state index is 0.221. The molecule has 3 nitrogen and oxygen atoms in total. The van der Waals surface area contributed by atoms with Crippen LogP contribution < -0.4 is 5.32 Å². The third kappa shape index (κ3) is 4.50. The van der Waals surface area contributed by atoms with Gasteiger partial charge >= 0.3 is 0 Å². The van der Waals surface area contributed by atoms with Gasteiger partial charge < -0.3 is 10.2 Å². The summed E-state index contributed by atoms with van der Waals surface area (Å²) in [4.78, 5) is 13.8. The van der Waals surface area contributed by atoms with Crippen molar-refractivity contribution >= 4 is 5.91 Å². The number of likely N-dealkylation sites (tertiary alicyclic amines) is 1. The lowest BCUT2D eigenvalue weighted by atomic mass is 9.75. The lowest BCUT2D eigenvalue weighted by Crippen LogP contribution is -2.44. The van der Waals surface area contributed by atoms with E-state index in [1.807, 2.05) is 4.90 Å². The third-order valence-electron chi connectivity index (χ3n) is 3.64. The second-order valence-corrected chi connectivity index (χ2v) is 5.94. The number of piperidine rings is 1. The quantitative estimate of drug-likeness (QED) is 0.600. The van der Waals surface area contributed by atoms with Gasteiger partial charge in [0, 0.05) is 19.6 Å². The molecular formula is C14H26N2O. The van der Waals surface area contributed by atoms with Crippen LogP contribution >= 0.6 is 0 Å². The van der Waals surface area contributed by atoms with Crippen LogP contribution in [0, 0.1) is 11.3 Å². The van der Waals surface area contributed by atoms with E-state index in [-0.39, 0.29) is 5.91 Å². The largest absolute Gasteiger partial charge is 0.342 e. The summed E-state index contributed by atoms with van der Waals surface area (Å²) >= 11 is 0. The van der Waals surface area contributed by atoms with Gasteiger partial charge in [0.25, 0.3) is 0 Å². The number of carbonyl (C=O) groups is 1. The zero-order chi connectivity index (χ0) is 12.9. The van der Waals surface area contributed by atoms with Crippen molar-refractivity contribution in [1.29, 1.82) is 0 Å². The highest BCUT2D eigenvalue weighted by atomic mass is 16.2. The number of hydrogen-bond donors (Lipinski definition) is 1. The molecule has 1 fully saturated rings. The summed E-state index contributed by atoms with van der Waals surface area (Å²) in [6.45, 7) is 13.5. The van der Waals surface area contributed by atoms with Crippen LogP contribution in [0.2, 0.25) is 0 Å². The standard InChI is InChI=1S/C14H26N2O/c1-5-8-15-11-13(17)16-9-6-12(7-10-16)14(2,3)4/h5,12,15H,1,6-11H2,2-4H3. The minimum atomic E-state index is 0.221. The first-order valence-electron chi connectivity index (χ1n) is 6.54. The Morgan fingerprint density at radius 3 is 2.47 bits per heavy atom. The molecule has 0 radical (unpaired) electrons. The monoisotopic (exact) mass is 238 g/mol. The second kappa shape index (κ2) is 6.20. The topological polar surface area (TPSA) is 32.3 Å². The van der Waals surface area contributed by atoms with Crippen LogP contribution in [0.15, 0.2) is 12.7 Å². The number of carbonyl (C=O) groups excluding carboxylic acids is 1. The lowest BCUT2D eigenvalue weighted by molar-refractivity contribution is -0.132. The van der Waals surface area contributed by atoms with E-state index in [2.05, 4.69) is 32.7 Å². The van der Waals surface area contributed by atoms with Gasteiger partial charge in [0.05, 0.1) is 6.54 Å². The van der Waals surface area contributed by atoms with E-state index >= 15 is 0 Å². The van der Waals surface area contributed by atoms with E-state index in [1.54, 1.807) is 6.08 Å². The van der Waals surface area contributed by atoms with Crippen molar-refractivity contribution in [1.82, 2.24) is 10.2 Å². The normalized spacial score (nSPS) is 18.2. The number of nitrogens with one attached hydrogen (secondary N) is 1. The molecule has 1 aliphatic rings. The molecule has 1 N–H and O–H groups in total. The van der Waals surface area contributed by atoms with E-state index in [0.717, 1.165) is 31.8 Å². The molecule has 98 valence electrons. The van der Waals surface area contributed by atoms with Crippen LogP contribution in [0.5, 0.6) is 0 Å². The molecule has 1 heterocycles. The van der Waals surface area contributed by atoms with Gasteiger partial charge in [-0.05, 0) is 24.2 Å². The summed E-state index contributed by atoms with van der Waals surface area (Å²) in [5.74, 6) is 0.965. The minimum Gasteiger partial charge on any atom is -0.342 e. The van der Waals surface area contributed by atoms with Crippen molar-refractivity contribution in [2.24, 2.45) is 11.3 Å². The van der Waals surface area contributed by atoms with Gasteiger partial charge in [0.1, 0.15) is 0 Å². The van der Waals surface area contributed by atoms with Gasteiger partial charge in [-0.25, -0.2) is 0 Å². The Hall–Kier alpha value is -0.830. The zero-order valence-electron chi connectivity index (χ0n) is 11.5. The lowest BCUT2D eigenvalue weighted by Gasteiger charge is -2.38. The fourth-order valence-electron chi connectivity index (χ4n) is 2.39. The van der Waals surface area contributed by atoms with Crippen LogP contribution in [0.25, 0.3) is 0 Å². The van der Waals surface area contributed by atoms with Crippen LogP contribution in [0.3, 0.4) is 0 Å². The fraction of sp³-hybridized carbons (Fsp3) is 0.786. The summed E-state index contributed by atoms with van der Waals surface area (Å²) in [6, 6.07) is 0. The Balaban J connectivity index is 2.31. The molecule has 0 aromatic heterocycles. The Kier molecular flexibility index (Phi) is 5.19. The maximum absolute atomic E-state index is 11.9. The predicted molar refractivity (Wildman–Crippen MR) is 71.8 cm³/mol. The Morgan fingerprint density at radius 2 is 2.00 bits per heavy atom. The summed E-state index contributed by atoms with van der Waals surface area (Å²) in [6.07, 6.45) is 4.05. The predicted octanol–water partition coefficient (Wildman–Crippen LogP) is 2.05. The maximum Gasteiger partial charge on any atom is 0.236 e. The van der Waals surface area contributed by atoms with Gasteiger partial charge in [-0.2, -0.15) is 0 Å². The highest BCUT2D eigenvalue weighted by molar-refractivity contribution is 5.78. The van der Waals surface area contributed by atoms with Gasteiger partial charge in [0.15, 0.2) is 0 Å². The van der Waals surface area contributed by atoms with Crippen molar-refractivity contribution in [3.8, 4) is 0 Å². The molecular weight excluding hydrogens is 212 g/mol. The maximum atomic E-state index is 11.9. The molecule has 1 rings (SSSR count). The Labute approximate surface area is 105 Å². The Morgan fingerprint density at radius 1 is 1.41 bits per heavy atom. The van der Waals surface area contributed by atoms with E-state index < -0.39 is 0 Å². The van der Waals surface area contributed by atoms with Gasteiger partial charge in [-0.3, -0.25) is 4.79 Å². The van der Waals surface area contributed by atoms with Gasteiger partial charge in [-0.15, -0.1) is 6.58 Å². The van der Waals surface area contributed by atoms with Crippen molar-refractivity contribution in [2.45, 2.75) is 33.6 Å². The summed E-state index contributed by atoms with van der Waals surface area (Å²) in [5, 5.41) is 3.06. The fourth-order valence-corrected chi connectivity index (χ4v) is 2.39. The average molecular weight is 238 g/mol. The van der Waals surface area contributed by atoms with E-state index in [9.17, 15) is 4.79 Å². The molecule has 0 aliphatic carbocycles. The van der Waals surface area contributed by atoms with Crippen LogP contribution in [-0.4, -0.2) is 37.0 Å². The third-order valence-corrected chi connectivity index (χ3v) is 3.64. The van der Waals surface area contributed by atoms with Crippen molar-refractivity contribution in [3.63, 3.8) is 0 Å². The molecule has 1 saturated heterocycles. The number of rotatable bonds is 4. The molecule has 0 aromatic carbocycles. The van der Waals surface area contributed by atoms with E-state index in [1.165, 1.54) is 0 Å². The van der Waals surface area contributed by atoms with Gasteiger partial charge in [0.2, 0.25) is 5.91 Å². The molecule has 3 heteroatoms.